The second-order valence-electron chi connectivity index (χ2n) is 4.42. The fourth-order valence-corrected chi connectivity index (χ4v) is 4.20. The summed E-state index contributed by atoms with van der Waals surface area (Å²) in [5.74, 6) is 0.472. The van der Waals surface area contributed by atoms with Gasteiger partial charge < -0.3 is 5.32 Å². The highest BCUT2D eigenvalue weighted by Crippen LogP contribution is 2.32. The molecule has 1 aliphatic heterocycles. The molecule has 3 nitrogen and oxygen atoms in total. The van der Waals surface area contributed by atoms with Crippen LogP contribution in [0.15, 0.2) is 27.6 Å². The zero-order valence-corrected chi connectivity index (χ0v) is 11.6. The average molecular weight is 304 g/mol. The van der Waals surface area contributed by atoms with E-state index in [0.717, 1.165) is 4.47 Å². The highest BCUT2D eigenvalue weighted by molar-refractivity contribution is 9.10. The molecule has 0 spiro atoms. The number of nitrogens with one attached hydrogen (secondary N) is 1. The standard InChI is InChI=1S/C11H14BrNO2S/c1-7(2)10-6-16(14,15)11-5-8(12)3-4-9(11)13-10/h3-5,7,10,13H,6H2,1-2H3. The lowest BCUT2D eigenvalue weighted by Crippen LogP contribution is -2.37. The minimum absolute atomic E-state index is 0.00123. The molecular weight excluding hydrogens is 290 g/mol. The van der Waals surface area contributed by atoms with Crippen molar-refractivity contribution >= 4 is 31.5 Å². The molecular formula is C11H14BrNO2S. The molecule has 0 radical (unpaired) electrons. The maximum atomic E-state index is 12.1. The molecule has 1 heterocycles. The van der Waals surface area contributed by atoms with Crippen LogP contribution in [0.25, 0.3) is 0 Å². The summed E-state index contributed by atoms with van der Waals surface area (Å²) in [4.78, 5) is 0.402. The van der Waals surface area contributed by atoms with Gasteiger partial charge in [0.15, 0.2) is 9.84 Å². The number of sulfone groups is 1. The largest absolute Gasteiger partial charge is 0.380 e. The van der Waals surface area contributed by atoms with Crippen LogP contribution in [0.5, 0.6) is 0 Å². The first-order valence-corrected chi connectivity index (χ1v) is 7.63. The number of rotatable bonds is 1. The van der Waals surface area contributed by atoms with Crippen molar-refractivity contribution in [2.75, 3.05) is 11.1 Å². The Morgan fingerprint density at radius 3 is 2.75 bits per heavy atom. The Bertz CT molecular complexity index is 511. The van der Waals surface area contributed by atoms with Gasteiger partial charge in [-0.05, 0) is 24.1 Å². The summed E-state index contributed by atoms with van der Waals surface area (Å²) in [5, 5.41) is 3.28. The van der Waals surface area contributed by atoms with E-state index in [1.807, 2.05) is 26.0 Å². The first-order valence-electron chi connectivity index (χ1n) is 5.19. The van der Waals surface area contributed by atoms with Gasteiger partial charge in [0.25, 0.3) is 0 Å². The molecule has 0 fully saturated rings. The molecule has 0 bridgehead atoms. The van der Waals surface area contributed by atoms with Crippen LogP contribution < -0.4 is 5.32 Å². The smallest absolute Gasteiger partial charge is 0.182 e. The first kappa shape index (κ1) is 11.9. The van der Waals surface area contributed by atoms with Crippen LogP contribution in [0.4, 0.5) is 5.69 Å². The minimum Gasteiger partial charge on any atom is -0.380 e. The summed E-state index contributed by atoms with van der Waals surface area (Å²) < 4.78 is 24.9. The van der Waals surface area contributed by atoms with Crippen molar-refractivity contribution in [3.05, 3.63) is 22.7 Å². The predicted molar refractivity (Wildman–Crippen MR) is 68.4 cm³/mol. The van der Waals surface area contributed by atoms with E-state index in [2.05, 4.69) is 21.2 Å². The first-order chi connectivity index (χ1) is 7.40. The highest BCUT2D eigenvalue weighted by atomic mass is 79.9. The highest BCUT2D eigenvalue weighted by Gasteiger charge is 2.31. The number of anilines is 1. The van der Waals surface area contributed by atoms with Crippen LogP contribution in [0.1, 0.15) is 13.8 Å². The summed E-state index contributed by atoms with van der Waals surface area (Å²) in [6.45, 7) is 4.05. The summed E-state index contributed by atoms with van der Waals surface area (Å²) in [6.07, 6.45) is 0. The van der Waals surface area contributed by atoms with Crippen molar-refractivity contribution in [3.63, 3.8) is 0 Å². The summed E-state index contributed by atoms with van der Waals surface area (Å²) in [6, 6.07) is 5.32. The molecule has 2 rings (SSSR count). The third-order valence-electron chi connectivity index (χ3n) is 2.82. The van der Waals surface area contributed by atoms with Crippen molar-refractivity contribution in [3.8, 4) is 0 Å². The monoisotopic (exact) mass is 303 g/mol. The lowest BCUT2D eigenvalue weighted by molar-refractivity contribution is 0.531. The van der Waals surface area contributed by atoms with Crippen molar-refractivity contribution in [2.45, 2.75) is 24.8 Å². The quantitative estimate of drug-likeness (QED) is 0.867. The minimum atomic E-state index is -3.15. The second-order valence-corrected chi connectivity index (χ2v) is 7.34. The predicted octanol–water partition coefficient (Wildman–Crippen LogP) is 2.67. The van der Waals surface area contributed by atoms with Gasteiger partial charge in [-0.3, -0.25) is 0 Å². The molecule has 0 aliphatic carbocycles. The maximum Gasteiger partial charge on any atom is 0.182 e. The van der Waals surface area contributed by atoms with Crippen molar-refractivity contribution in [1.82, 2.24) is 0 Å². The van der Waals surface area contributed by atoms with Crippen LogP contribution in [-0.4, -0.2) is 20.2 Å². The van der Waals surface area contributed by atoms with E-state index in [1.165, 1.54) is 0 Å². The maximum absolute atomic E-state index is 12.1. The van der Waals surface area contributed by atoms with Gasteiger partial charge in [-0.15, -0.1) is 0 Å². The molecule has 1 aliphatic rings. The average Bonchev–Trinajstić information content (AvgIpc) is 2.18. The van der Waals surface area contributed by atoms with Gasteiger partial charge in [0.05, 0.1) is 16.3 Å². The summed E-state index contributed by atoms with van der Waals surface area (Å²) in [5.41, 5.74) is 0.716. The van der Waals surface area contributed by atoms with Crippen molar-refractivity contribution < 1.29 is 8.42 Å². The van der Waals surface area contributed by atoms with Gasteiger partial charge in [0.2, 0.25) is 0 Å². The number of hydrogen-bond acceptors (Lipinski definition) is 3. The molecule has 1 aromatic carbocycles. The Labute approximate surface area is 104 Å². The molecule has 16 heavy (non-hydrogen) atoms. The Hall–Kier alpha value is -0.550. The van der Waals surface area contributed by atoms with E-state index in [1.54, 1.807) is 6.07 Å². The van der Waals surface area contributed by atoms with Crippen LogP contribution in [-0.2, 0) is 9.84 Å². The SMILES string of the molecule is CC(C)C1CS(=O)(=O)c2cc(Br)ccc2N1. The van der Waals surface area contributed by atoms with E-state index in [-0.39, 0.29) is 11.8 Å². The van der Waals surface area contributed by atoms with E-state index < -0.39 is 9.84 Å². The fraction of sp³-hybridized carbons (Fsp3) is 0.455. The molecule has 88 valence electrons. The third kappa shape index (κ3) is 2.11. The second kappa shape index (κ2) is 4.04. The Morgan fingerprint density at radius 2 is 2.12 bits per heavy atom. The molecule has 0 saturated heterocycles. The molecule has 0 aromatic heterocycles. The number of fused-ring (bicyclic) bond motifs is 1. The Morgan fingerprint density at radius 1 is 1.44 bits per heavy atom. The van der Waals surface area contributed by atoms with Crippen LogP contribution in [0, 0.1) is 5.92 Å². The molecule has 0 saturated carbocycles. The number of benzene rings is 1. The van der Waals surface area contributed by atoms with Crippen LogP contribution in [0.3, 0.4) is 0 Å². The Balaban J connectivity index is 2.52. The molecule has 5 heteroatoms. The van der Waals surface area contributed by atoms with E-state index in [0.29, 0.717) is 16.5 Å². The van der Waals surface area contributed by atoms with Crippen molar-refractivity contribution in [1.29, 1.82) is 0 Å². The Kier molecular flexibility index (Phi) is 3.01. The van der Waals surface area contributed by atoms with Gasteiger partial charge >= 0.3 is 0 Å². The van der Waals surface area contributed by atoms with Gasteiger partial charge in [0, 0.05) is 10.5 Å². The van der Waals surface area contributed by atoms with E-state index >= 15 is 0 Å². The molecule has 1 unspecified atom stereocenters. The lowest BCUT2D eigenvalue weighted by atomic mass is 10.1. The molecule has 1 atom stereocenters. The molecule has 0 amide bonds. The number of halogens is 1. The van der Waals surface area contributed by atoms with Gasteiger partial charge in [-0.1, -0.05) is 29.8 Å². The van der Waals surface area contributed by atoms with Crippen LogP contribution >= 0.6 is 15.9 Å². The topological polar surface area (TPSA) is 46.2 Å². The van der Waals surface area contributed by atoms with Gasteiger partial charge in [-0.25, -0.2) is 8.42 Å². The third-order valence-corrected chi connectivity index (χ3v) is 5.12. The van der Waals surface area contributed by atoms with Gasteiger partial charge in [0.1, 0.15) is 0 Å². The lowest BCUT2D eigenvalue weighted by Gasteiger charge is -2.29. The summed E-state index contributed by atoms with van der Waals surface area (Å²) >= 11 is 3.29. The van der Waals surface area contributed by atoms with E-state index in [4.69, 9.17) is 0 Å². The summed E-state index contributed by atoms with van der Waals surface area (Å²) in [7, 11) is -3.15. The fourth-order valence-electron chi connectivity index (χ4n) is 1.80. The van der Waals surface area contributed by atoms with Crippen molar-refractivity contribution in [2.24, 2.45) is 5.92 Å². The molecule has 1 aromatic rings. The molecule has 1 N–H and O–H groups in total. The normalized spacial score (nSPS) is 22.6. The van der Waals surface area contributed by atoms with E-state index in [9.17, 15) is 8.42 Å². The van der Waals surface area contributed by atoms with Crippen LogP contribution in [0.2, 0.25) is 0 Å². The number of hydrogen-bond donors (Lipinski definition) is 1. The zero-order chi connectivity index (χ0) is 11.9. The zero-order valence-electron chi connectivity index (χ0n) is 9.20. The van der Waals surface area contributed by atoms with Gasteiger partial charge in [-0.2, -0.15) is 0 Å².